The second-order valence-electron chi connectivity index (χ2n) is 3.61. The van der Waals surface area contributed by atoms with Crippen molar-refractivity contribution in [2.45, 2.75) is 18.6 Å². The van der Waals surface area contributed by atoms with Crippen LogP contribution in [0.1, 0.15) is 18.0 Å². The van der Waals surface area contributed by atoms with Gasteiger partial charge < -0.3 is 4.74 Å². The smallest absolute Gasteiger partial charge is 0.372 e. The summed E-state index contributed by atoms with van der Waals surface area (Å²) in [5, 5.41) is 0. The first-order valence-electron chi connectivity index (χ1n) is 5.13. The highest BCUT2D eigenvalue weighted by molar-refractivity contribution is 5.14. The van der Waals surface area contributed by atoms with Gasteiger partial charge in [0.25, 0.3) is 0 Å². The number of nitrogens with two attached hydrogens (primary N) is 1. The molecule has 0 fully saturated rings. The lowest BCUT2D eigenvalue weighted by Crippen LogP contribution is -2.29. The fourth-order valence-electron chi connectivity index (χ4n) is 1.35. The fourth-order valence-corrected chi connectivity index (χ4v) is 1.35. The molecular formula is C10H13F4N3O. The van der Waals surface area contributed by atoms with Gasteiger partial charge in [-0.1, -0.05) is 0 Å². The first-order valence-corrected chi connectivity index (χ1v) is 5.13. The maximum Gasteiger partial charge on any atom is 0.411 e. The van der Waals surface area contributed by atoms with Crippen LogP contribution < -0.4 is 11.3 Å². The molecular weight excluding hydrogens is 254 g/mol. The van der Waals surface area contributed by atoms with Crippen LogP contribution in [-0.2, 0) is 4.74 Å². The standard InChI is InChI=1S/C10H13F4N3O/c11-8-3-7(4-16-5-8)9(17-15)1-2-18-6-10(12,13)14/h3-5,9,17H,1-2,6,15H2. The lowest BCUT2D eigenvalue weighted by molar-refractivity contribution is -0.174. The first kappa shape index (κ1) is 14.8. The molecule has 0 saturated heterocycles. The zero-order valence-electron chi connectivity index (χ0n) is 9.38. The molecule has 0 aliphatic rings. The number of aromatic nitrogens is 1. The van der Waals surface area contributed by atoms with Crippen LogP contribution in [0.25, 0.3) is 0 Å². The third-order valence-electron chi connectivity index (χ3n) is 2.15. The summed E-state index contributed by atoms with van der Waals surface area (Å²) in [6.07, 6.45) is -1.77. The van der Waals surface area contributed by atoms with E-state index in [1.807, 2.05) is 0 Å². The Morgan fingerprint density at radius 3 is 2.67 bits per heavy atom. The van der Waals surface area contributed by atoms with Crippen molar-refractivity contribution in [1.82, 2.24) is 10.4 Å². The molecule has 18 heavy (non-hydrogen) atoms. The average molecular weight is 267 g/mol. The maximum atomic E-state index is 12.9. The van der Waals surface area contributed by atoms with Gasteiger partial charge in [0.05, 0.1) is 6.20 Å². The van der Waals surface area contributed by atoms with E-state index in [2.05, 4.69) is 15.1 Å². The number of nitrogens with zero attached hydrogens (tertiary/aromatic N) is 1. The molecule has 1 aromatic rings. The summed E-state index contributed by atoms with van der Waals surface area (Å²) in [6, 6.07) is 0.697. The summed E-state index contributed by atoms with van der Waals surface area (Å²) in [5.41, 5.74) is 2.83. The van der Waals surface area contributed by atoms with Gasteiger partial charge in [0.15, 0.2) is 0 Å². The number of alkyl halides is 3. The zero-order chi connectivity index (χ0) is 13.6. The van der Waals surface area contributed by atoms with Gasteiger partial charge in [0.1, 0.15) is 12.4 Å². The lowest BCUT2D eigenvalue weighted by atomic mass is 10.1. The van der Waals surface area contributed by atoms with Crippen molar-refractivity contribution in [3.05, 3.63) is 29.8 Å². The minimum absolute atomic E-state index is 0.148. The zero-order valence-corrected chi connectivity index (χ0v) is 9.38. The van der Waals surface area contributed by atoms with E-state index in [1.54, 1.807) is 0 Å². The number of hydrogen-bond acceptors (Lipinski definition) is 4. The van der Waals surface area contributed by atoms with Crippen molar-refractivity contribution in [1.29, 1.82) is 0 Å². The molecule has 0 saturated carbocycles. The van der Waals surface area contributed by atoms with E-state index in [9.17, 15) is 17.6 Å². The van der Waals surface area contributed by atoms with Crippen LogP contribution in [0, 0.1) is 5.82 Å². The van der Waals surface area contributed by atoms with E-state index in [0.29, 0.717) is 5.56 Å². The van der Waals surface area contributed by atoms with Crippen molar-refractivity contribution in [3.63, 3.8) is 0 Å². The molecule has 8 heteroatoms. The molecule has 1 rings (SSSR count). The molecule has 0 amide bonds. The van der Waals surface area contributed by atoms with E-state index in [4.69, 9.17) is 5.84 Å². The van der Waals surface area contributed by atoms with Gasteiger partial charge in [-0.2, -0.15) is 13.2 Å². The minimum atomic E-state index is -4.36. The molecule has 0 aliphatic heterocycles. The van der Waals surface area contributed by atoms with Gasteiger partial charge in [-0.25, -0.2) is 4.39 Å². The van der Waals surface area contributed by atoms with Crippen molar-refractivity contribution >= 4 is 0 Å². The summed E-state index contributed by atoms with van der Waals surface area (Å²) in [5.74, 6) is 4.71. The van der Waals surface area contributed by atoms with E-state index in [1.165, 1.54) is 12.3 Å². The van der Waals surface area contributed by atoms with E-state index < -0.39 is 24.6 Å². The maximum absolute atomic E-state index is 12.9. The Labute approximate surface area is 101 Å². The largest absolute Gasteiger partial charge is 0.411 e. The molecule has 3 N–H and O–H groups in total. The molecule has 0 aliphatic carbocycles. The quantitative estimate of drug-likeness (QED) is 0.356. The normalized spacial score (nSPS) is 13.6. The highest BCUT2D eigenvalue weighted by atomic mass is 19.4. The monoisotopic (exact) mass is 267 g/mol. The van der Waals surface area contributed by atoms with Gasteiger partial charge in [-0.3, -0.25) is 16.3 Å². The minimum Gasteiger partial charge on any atom is -0.372 e. The Morgan fingerprint density at radius 1 is 1.39 bits per heavy atom. The Hall–Kier alpha value is -1.25. The predicted molar refractivity (Wildman–Crippen MR) is 55.8 cm³/mol. The molecule has 0 radical (unpaired) electrons. The van der Waals surface area contributed by atoms with Crippen LogP contribution in [0.5, 0.6) is 0 Å². The van der Waals surface area contributed by atoms with Crippen LogP contribution in [0.4, 0.5) is 17.6 Å². The first-order chi connectivity index (χ1) is 8.42. The number of nitrogens with one attached hydrogen (secondary N) is 1. The van der Waals surface area contributed by atoms with Crippen LogP contribution in [0.3, 0.4) is 0 Å². The molecule has 1 atom stereocenters. The van der Waals surface area contributed by atoms with Crippen LogP contribution in [0.15, 0.2) is 18.5 Å². The molecule has 0 spiro atoms. The van der Waals surface area contributed by atoms with Gasteiger partial charge in [0, 0.05) is 18.8 Å². The highest BCUT2D eigenvalue weighted by Crippen LogP contribution is 2.18. The van der Waals surface area contributed by atoms with E-state index >= 15 is 0 Å². The predicted octanol–water partition coefficient (Wildman–Crippen LogP) is 1.69. The van der Waals surface area contributed by atoms with E-state index in [-0.39, 0.29) is 13.0 Å². The Bertz CT molecular complexity index is 372. The Kier molecular flexibility index (Phi) is 5.45. The molecule has 0 aromatic carbocycles. The number of rotatable bonds is 6. The molecule has 0 bridgehead atoms. The number of ether oxygens (including phenoxy) is 1. The summed E-state index contributed by atoms with van der Waals surface area (Å²) in [7, 11) is 0. The number of pyridine rings is 1. The average Bonchev–Trinajstić information content (AvgIpc) is 2.27. The van der Waals surface area contributed by atoms with Crippen molar-refractivity contribution in [2.24, 2.45) is 5.84 Å². The highest BCUT2D eigenvalue weighted by Gasteiger charge is 2.27. The summed E-state index contributed by atoms with van der Waals surface area (Å²) >= 11 is 0. The second-order valence-corrected chi connectivity index (χ2v) is 3.61. The topological polar surface area (TPSA) is 60.2 Å². The molecule has 102 valence electrons. The van der Waals surface area contributed by atoms with Gasteiger partial charge in [0.2, 0.25) is 0 Å². The summed E-state index contributed by atoms with van der Waals surface area (Å²) in [6.45, 7) is -1.46. The van der Waals surface area contributed by atoms with Gasteiger partial charge >= 0.3 is 6.18 Å². The van der Waals surface area contributed by atoms with E-state index in [0.717, 1.165) is 6.20 Å². The van der Waals surface area contributed by atoms with Crippen LogP contribution >= 0.6 is 0 Å². The van der Waals surface area contributed by atoms with Gasteiger partial charge in [-0.05, 0) is 18.1 Å². The van der Waals surface area contributed by atoms with Crippen molar-refractivity contribution in [2.75, 3.05) is 13.2 Å². The third kappa shape index (κ3) is 5.39. The van der Waals surface area contributed by atoms with Crippen LogP contribution in [0.2, 0.25) is 0 Å². The van der Waals surface area contributed by atoms with Crippen molar-refractivity contribution in [3.8, 4) is 0 Å². The SMILES string of the molecule is NNC(CCOCC(F)(F)F)c1cncc(F)c1. The number of hydrogen-bond donors (Lipinski definition) is 2. The molecule has 1 heterocycles. The third-order valence-corrected chi connectivity index (χ3v) is 2.15. The summed E-state index contributed by atoms with van der Waals surface area (Å²) < 4.78 is 52.8. The van der Waals surface area contributed by atoms with Crippen molar-refractivity contribution < 1.29 is 22.3 Å². The fraction of sp³-hybridized carbons (Fsp3) is 0.500. The van der Waals surface area contributed by atoms with Gasteiger partial charge in [-0.15, -0.1) is 0 Å². The summed E-state index contributed by atoms with van der Waals surface area (Å²) in [4.78, 5) is 3.63. The van der Waals surface area contributed by atoms with Crippen LogP contribution in [-0.4, -0.2) is 24.4 Å². The molecule has 4 nitrogen and oxygen atoms in total. The number of hydrazine groups is 1. The molecule has 1 aromatic heterocycles. The number of halogens is 4. The Balaban J connectivity index is 2.43. The second kappa shape index (κ2) is 6.62. The lowest BCUT2D eigenvalue weighted by Gasteiger charge is -2.16. The molecule has 1 unspecified atom stereocenters. The Morgan fingerprint density at radius 2 is 2.11 bits per heavy atom.